The summed E-state index contributed by atoms with van der Waals surface area (Å²) >= 11 is 12.4. The molecule has 0 fully saturated rings. The number of amides is 2. The molecule has 0 aromatic heterocycles. The van der Waals surface area contributed by atoms with E-state index in [1.165, 1.54) is 26.0 Å². The van der Waals surface area contributed by atoms with Crippen molar-refractivity contribution < 1.29 is 54.2 Å². The topological polar surface area (TPSA) is 112 Å². The van der Waals surface area contributed by atoms with Gasteiger partial charge >= 0.3 is 5.97 Å². The van der Waals surface area contributed by atoms with Gasteiger partial charge in [-0.25, -0.2) is 39.9 Å². The lowest BCUT2D eigenvalue weighted by atomic mass is 9.93. The molecule has 2 amide bonds. The zero-order valence-electron chi connectivity index (χ0n) is 35.9. The van der Waals surface area contributed by atoms with Crippen molar-refractivity contribution in [2.75, 3.05) is 6.61 Å². The third-order valence-electron chi connectivity index (χ3n) is 10.4. The average molecular weight is 987 g/mol. The predicted octanol–water partition coefficient (Wildman–Crippen LogP) is 11.9. The highest BCUT2D eigenvalue weighted by Gasteiger charge is 2.39. The Kier molecular flexibility index (Phi) is 16.7. The van der Waals surface area contributed by atoms with Gasteiger partial charge < -0.3 is 15.4 Å². The van der Waals surface area contributed by atoms with Crippen LogP contribution in [0, 0.1) is 46.5 Å². The summed E-state index contributed by atoms with van der Waals surface area (Å²) in [5.41, 5.74) is 0.0736. The first-order valence-corrected chi connectivity index (χ1v) is 20.8. The highest BCUT2D eigenvalue weighted by Crippen LogP contribution is 2.40. The van der Waals surface area contributed by atoms with E-state index < -0.39 is 99.4 Å². The van der Waals surface area contributed by atoms with Crippen LogP contribution in [0.5, 0.6) is 0 Å². The summed E-state index contributed by atoms with van der Waals surface area (Å²) in [7, 11) is 0. The van der Waals surface area contributed by atoms with Crippen LogP contribution in [0.15, 0.2) is 124 Å². The van der Waals surface area contributed by atoms with Crippen molar-refractivity contribution in [2.24, 2.45) is 9.98 Å². The Morgan fingerprint density at radius 2 is 1.19 bits per heavy atom. The molecule has 68 heavy (non-hydrogen) atoms. The van der Waals surface area contributed by atoms with Crippen molar-refractivity contribution in [2.45, 2.75) is 60.2 Å². The van der Waals surface area contributed by atoms with Crippen LogP contribution in [0.2, 0.25) is 10.0 Å². The van der Waals surface area contributed by atoms with Gasteiger partial charge in [0.2, 0.25) is 5.91 Å². The number of halogens is 10. The lowest BCUT2D eigenvalue weighted by Crippen LogP contribution is -2.42. The quantitative estimate of drug-likeness (QED) is 0.113. The minimum Gasteiger partial charge on any atom is -0.463 e. The number of esters is 1. The number of nitrogens with zero attached hydrogens (tertiary/aromatic N) is 3. The van der Waals surface area contributed by atoms with Gasteiger partial charge in [-0.3, -0.25) is 24.5 Å². The Hall–Kier alpha value is -6.85. The number of amidine groups is 2. The van der Waals surface area contributed by atoms with Gasteiger partial charge in [0.25, 0.3) is 5.91 Å². The van der Waals surface area contributed by atoms with E-state index in [-0.39, 0.29) is 63.6 Å². The van der Waals surface area contributed by atoms with Crippen molar-refractivity contribution in [3.63, 3.8) is 0 Å². The minimum atomic E-state index is -1.30. The first kappa shape index (κ1) is 52.1. The normalized spacial score (nSPS) is 16.1. The number of carbonyl (C=O) groups excluding carboxylic acids is 3. The molecule has 0 aliphatic carbocycles. The molecule has 2 aliphatic heterocycles. The summed E-state index contributed by atoms with van der Waals surface area (Å²) in [6.07, 6.45) is 0. The van der Waals surface area contributed by atoms with Gasteiger partial charge in [-0.15, -0.1) is 0 Å². The lowest BCUT2D eigenvalue weighted by molar-refractivity contribution is -0.139. The number of rotatable bonds is 9. The standard InChI is InChI=1S/C28H22ClF4N3O2.C20H15ClF4N2O2.CH4/c1-14(17-7-5-4-6-8-17)34-28(38)24-15(2)36(16(3)37)27(25-22(32)12-19(31)13-23(25)33)35-26(24)20-10-9-18(30)11-21(20)29;1-3-29-20(28)16-9(2)26-19(17-14(24)7-11(23)8-15(17)25)27-18(16)12-5-4-10(22)6-13(12)21;/h4-14,26H,1-3H3,(H,34,38);4-8,18H,3H2,1-2H3,(H,26,27);1H4/t14-,26+;18-;/m10./s1. The molecule has 2 aliphatic rings. The van der Waals surface area contributed by atoms with Crippen LogP contribution in [0.3, 0.4) is 0 Å². The third kappa shape index (κ3) is 11.1. The number of allylic oxidation sites excluding steroid dienone is 2. The molecule has 3 atom stereocenters. The number of carbonyl (C=O) groups is 3. The summed E-state index contributed by atoms with van der Waals surface area (Å²) < 4.78 is 118. The fourth-order valence-electron chi connectivity index (χ4n) is 7.37. The molecule has 0 bridgehead atoms. The van der Waals surface area contributed by atoms with Crippen LogP contribution in [0.25, 0.3) is 0 Å². The fraction of sp³-hybridized carbons (Fsp3) is 0.204. The number of nitrogens with one attached hydrogen (secondary N) is 2. The van der Waals surface area contributed by atoms with E-state index in [2.05, 4.69) is 20.6 Å². The van der Waals surface area contributed by atoms with Crippen LogP contribution in [0.1, 0.15) is 88.0 Å². The summed E-state index contributed by atoms with van der Waals surface area (Å²) in [4.78, 5) is 48.4. The van der Waals surface area contributed by atoms with Crippen molar-refractivity contribution in [1.82, 2.24) is 15.5 Å². The summed E-state index contributed by atoms with van der Waals surface area (Å²) in [5.74, 6) is -11.2. The molecular formula is C49H41Cl2F8N5O4. The Morgan fingerprint density at radius 1 is 0.706 bits per heavy atom. The Balaban J connectivity index is 0.000000259. The van der Waals surface area contributed by atoms with Crippen LogP contribution < -0.4 is 10.6 Å². The molecule has 7 rings (SSSR count). The van der Waals surface area contributed by atoms with Gasteiger partial charge in [0, 0.05) is 63.8 Å². The second-order valence-electron chi connectivity index (χ2n) is 14.9. The second kappa shape index (κ2) is 21.8. The average Bonchev–Trinajstić information content (AvgIpc) is 3.23. The van der Waals surface area contributed by atoms with Gasteiger partial charge in [-0.05, 0) is 57.5 Å². The van der Waals surface area contributed by atoms with Crippen LogP contribution >= 0.6 is 23.2 Å². The second-order valence-corrected chi connectivity index (χ2v) is 15.7. The molecule has 9 nitrogen and oxygen atoms in total. The molecule has 0 saturated heterocycles. The van der Waals surface area contributed by atoms with Gasteiger partial charge in [0.15, 0.2) is 0 Å². The Morgan fingerprint density at radius 3 is 1.66 bits per heavy atom. The van der Waals surface area contributed by atoms with E-state index in [9.17, 15) is 49.5 Å². The van der Waals surface area contributed by atoms with E-state index in [1.54, 1.807) is 13.8 Å². The van der Waals surface area contributed by atoms with Gasteiger partial charge in [0.1, 0.15) is 70.3 Å². The summed E-state index contributed by atoms with van der Waals surface area (Å²) in [6, 6.07) is 15.1. The number of benzene rings is 5. The summed E-state index contributed by atoms with van der Waals surface area (Å²) in [6.45, 7) is 7.49. The van der Waals surface area contributed by atoms with Crippen LogP contribution in [-0.2, 0) is 19.1 Å². The molecule has 0 saturated carbocycles. The Bertz CT molecular complexity index is 2880. The molecule has 5 aromatic rings. The minimum absolute atomic E-state index is 0. The highest BCUT2D eigenvalue weighted by atomic mass is 35.5. The molecule has 0 unspecified atom stereocenters. The molecule has 5 aromatic carbocycles. The number of ether oxygens (including phenoxy) is 1. The van der Waals surface area contributed by atoms with E-state index >= 15 is 0 Å². The monoisotopic (exact) mass is 985 g/mol. The lowest BCUT2D eigenvalue weighted by Gasteiger charge is -2.34. The Labute approximate surface area is 395 Å². The maximum atomic E-state index is 14.9. The fourth-order valence-corrected chi connectivity index (χ4v) is 7.91. The molecule has 2 heterocycles. The van der Waals surface area contributed by atoms with Crippen molar-refractivity contribution in [3.05, 3.63) is 198 Å². The van der Waals surface area contributed by atoms with E-state index in [0.29, 0.717) is 24.3 Å². The first-order chi connectivity index (χ1) is 31.7. The van der Waals surface area contributed by atoms with Crippen molar-refractivity contribution >= 4 is 52.7 Å². The first-order valence-electron chi connectivity index (χ1n) is 20.1. The zero-order valence-corrected chi connectivity index (χ0v) is 37.4. The molecule has 356 valence electrons. The smallest absolute Gasteiger partial charge is 0.338 e. The molecule has 0 radical (unpaired) electrons. The summed E-state index contributed by atoms with van der Waals surface area (Å²) in [5, 5.41) is 5.39. The zero-order chi connectivity index (χ0) is 49.0. The molecule has 0 spiro atoms. The van der Waals surface area contributed by atoms with Gasteiger partial charge in [-0.1, -0.05) is 73.1 Å². The van der Waals surface area contributed by atoms with Crippen molar-refractivity contribution in [1.29, 1.82) is 0 Å². The number of hydrogen-bond donors (Lipinski definition) is 2. The maximum absolute atomic E-state index is 14.9. The van der Waals surface area contributed by atoms with Gasteiger partial charge in [0.05, 0.1) is 34.9 Å². The molecule has 2 N–H and O–H groups in total. The molecular weight excluding hydrogens is 945 g/mol. The van der Waals surface area contributed by atoms with E-state index in [4.69, 9.17) is 27.9 Å². The number of hydrogen-bond acceptors (Lipinski definition) is 7. The third-order valence-corrected chi connectivity index (χ3v) is 11.0. The van der Waals surface area contributed by atoms with Crippen LogP contribution in [-0.4, -0.2) is 41.0 Å². The largest absolute Gasteiger partial charge is 0.463 e. The predicted molar refractivity (Wildman–Crippen MR) is 241 cm³/mol. The SMILES string of the molecule is C.CC(=O)N1C(c2c(F)cc(F)cc2F)=N[C@@H](c2ccc(F)cc2Cl)C(C(=O)N[C@H](C)c2ccccc2)=C1C.CCOC(=O)C1=C(C)NC(c2c(F)cc(F)cc2F)=N[C@H]1c1ccc(F)cc1Cl. The molecule has 19 heteroatoms. The van der Waals surface area contributed by atoms with Crippen LogP contribution in [0.4, 0.5) is 35.1 Å². The van der Waals surface area contributed by atoms with Gasteiger partial charge in [-0.2, -0.15) is 0 Å². The van der Waals surface area contributed by atoms with Crippen molar-refractivity contribution in [3.8, 4) is 0 Å². The highest BCUT2D eigenvalue weighted by molar-refractivity contribution is 6.32. The number of aliphatic imine (C=N–C) groups is 2. The van der Waals surface area contributed by atoms with E-state index in [0.717, 1.165) is 41.7 Å². The maximum Gasteiger partial charge on any atom is 0.338 e. The van der Waals surface area contributed by atoms with E-state index in [1.807, 2.05) is 30.3 Å².